The first kappa shape index (κ1) is 8.97. The number of rotatable bonds is 4. The van der Waals surface area contributed by atoms with Crippen molar-refractivity contribution in [3.63, 3.8) is 0 Å². The molecule has 0 radical (unpaired) electrons. The number of aliphatic hydroxyl groups excluding tert-OH is 1. The molecule has 0 aromatic rings. The fourth-order valence-electron chi connectivity index (χ4n) is 1.27. The van der Waals surface area contributed by atoms with Crippen LogP contribution < -0.4 is 0 Å². The lowest BCUT2D eigenvalue weighted by atomic mass is 10.3. The number of hydrogen-bond acceptors (Lipinski definition) is 3. The van der Waals surface area contributed by atoms with Crippen molar-refractivity contribution in [2.45, 2.75) is 12.8 Å². The van der Waals surface area contributed by atoms with Crippen molar-refractivity contribution in [2.24, 2.45) is 0 Å². The Balaban J connectivity index is 1.96. The molecule has 0 atom stereocenters. The van der Waals surface area contributed by atoms with Crippen LogP contribution in [0.4, 0.5) is 0 Å². The summed E-state index contributed by atoms with van der Waals surface area (Å²) in [4.78, 5) is 2.39. The highest BCUT2D eigenvalue weighted by Gasteiger charge is 2.08. The van der Waals surface area contributed by atoms with E-state index in [-0.39, 0.29) is 0 Å². The Morgan fingerprint density at radius 3 is 2.55 bits per heavy atom. The van der Waals surface area contributed by atoms with Crippen molar-refractivity contribution in [1.82, 2.24) is 4.90 Å². The van der Waals surface area contributed by atoms with Gasteiger partial charge in [-0.3, -0.25) is 4.90 Å². The summed E-state index contributed by atoms with van der Waals surface area (Å²) in [7, 11) is 0. The van der Waals surface area contributed by atoms with Gasteiger partial charge in [0, 0.05) is 19.7 Å². The van der Waals surface area contributed by atoms with Crippen LogP contribution in [-0.2, 0) is 4.74 Å². The first-order valence-electron chi connectivity index (χ1n) is 4.34. The Hall–Kier alpha value is -0.120. The van der Waals surface area contributed by atoms with Crippen LogP contribution >= 0.6 is 0 Å². The lowest BCUT2D eigenvalue weighted by Crippen LogP contribution is -2.36. The molecule has 1 fully saturated rings. The summed E-state index contributed by atoms with van der Waals surface area (Å²) in [6.07, 6.45) is 2.04. The van der Waals surface area contributed by atoms with Crippen molar-refractivity contribution >= 4 is 0 Å². The maximum atomic E-state index is 8.55. The van der Waals surface area contributed by atoms with Gasteiger partial charge in [0.05, 0.1) is 13.2 Å². The molecular weight excluding hydrogens is 142 g/mol. The molecule has 0 aromatic carbocycles. The van der Waals surface area contributed by atoms with Crippen LogP contribution in [0.5, 0.6) is 0 Å². The Kier molecular flexibility index (Phi) is 4.50. The van der Waals surface area contributed by atoms with Gasteiger partial charge in [-0.2, -0.15) is 0 Å². The van der Waals surface area contributed by atoms with Crippen molar-refractivity contribution in [3.05, 3.63) is 0 Å². The molecule has 1 aliphatic heterocycles. The summed E-state index contributed by atoms with van der Waals surface area (Å²) < 4.78 is 5.21. The number of aliphatic hydroxyl groups is 1. The van der Waals surface area contributed by atoms with Crippen molar-refractivity contribution in [1.29, 1.82) is 0 Å². The molecule has 0 bridgehead atoms. The van der Waals surface area contributed by atoms with Gasteiger partial charge in [0.15, 0.2) is 0 Å². The number of unbranched alkanes of at least 4 members (excludes halogenated alkanes) is 1. The predicted octanol–water partition coefficient (Wildman–Crippen LogP) is 0.0911. The molecular formula is C8H17NO2. The highest BCUT2D eigenvalue weighted by molar-refractivity contribution is 4.61. The predicted molar refractivity (Wildman–Crippen MR) is 43.6 cm³/mol. The zero-order chi connectivity index (χ0) is 7.94. The first-order chi connectivity index (χ1) is 5.43. The topological polar surface area (TPSA) is 32.7 Å². The van der Waals surface area contributed by atoms with Gasteiger partial charge >= 0.3 is 0 Å². The molecule has 1 heterocycles. The SMILES string of the molecule is OCCCCN1CCOCC1. The minimum atomic E-state index is 0.324. The standard InChI is InChI=1S/C8H17NO2/c10-6-2-1-3-9-4-7-11-8-5-9/h10H,1-8H2. The summed E-state index contributed by atoms with van der Waals surface area (Å²) in [6, 6.07) is 0. The van der Waals surface area contributed by atoms with E-state index in [1.54, 1.807) is 0 Å². The van der Waals surface area contributed by atoms with Crippen molar-refractivity contribution in [2.75, 3.05) is 39.5 Å². The Morgan fingerprint density at radius 2 is 1.91 bits per heavy atom. The normalized spacial score (nSPS) is 20.5. The van der Waals surface area contributed by atoms with Crippen LogP contribution in [-0.4, -0.2) is 49.5 Å². The molecule has 11 heavy (non-hydrogen) atoms. The fourth-order valence-corrected chi connectivity index (χ4v) is 1.27. The molecule has 66 valence electrons. The first-order valence-corrected chi connectivity index (χ1v) is 4.34. The van der Waals surface area contributed by atoms with Crippen LogP contribution in [0.2, 0.25) is 0 Å². The second-order valence-corrected chi connectivity index (χ2v) is 2.88. The van der Waals surface area contributed by atoms with E-state index in [0.717, 1.165) is 45.7 Å². The fraction of sp³-hybridized carbons (Fsp3) is 1.00. The molecule has 0 unspecified atom stereocenters. The second-order valence-electron chi connectivity index (χ2n) is 2.88. The third kappa shape index (κ3) is 3.70. The molecule has 0 amide bonds. The van der Waals surface area contributed by atoms with Gasteiger partial charge in [0.1, 0.15) is 0 Å². The van der Waals surface area contributed by atoms with Gasteiger partial charge in [-0.1, -0.05) is 0 Å². The Bertz CT molecular complexity index is 92.1. The highest BCUT2D eigenvalue weighted by Crippen LogP contribution is 1.99. The largest absolute Gasteiger partial charge is 0.396 e. The van der Waals surface area contributed by atoms with E-state index in [2.05, 4.69) is 4.90 Å². The van der Waals surface area contributed by atoms with Crippen LogP contribution in [0.1, 0.15) is 12.8 Å². The van der Waals surface area contributed by atoms with Crippen LogP contribution in [0.15, 0.2) is 0 Å². The maximum Gasteiger partial charge on any atom is 0.0594 e. The smallest absolute Gasteiger partial charge is 0.0594 e. The molecule has 3 nitrogen and oxygen atoms in total. The molecule has 1 saturated heterocycles. The number of ether oxygens (including phenoxy) is 1. The average molecular weight is 159 g/mol. The van der Waals surface area contributed by atoms with E-state index < -0.39 is 0 Å². The Morgan fingerprint density at radius 1 is 1.18 bits per heavy atom. The Labute approximate surface area is 68.0 Å². The lowest BCUT2D eigenvalue weighted by Gasteiger charge is -2.26. The molecule has 0 aromatic heterocycles. The van der Waals surface area contributed by atoms with Crippen LogP contribution in [0, 0.1) is 0 Å². The molecule has 0 spiro atoms. The van der Waals surface area contributed by atoms with E-state index in [4.69, 9.17) is 9.84 Å². The molecule has 1 aliphatic rings. The second kappa shape index (κ2) is 5.52. The molecule has 1 N–H and O–H groups in total. The van der Waals surface area contributed by atoms with Gasteiger partial charge in [-0.15, -0.1) is 0 Å². The van der Waals surface area contributed by atoms with Gasteiger partial charge in [0.2, 0.25) is 0 Å². The zero-order valence-corrected chi connectivity index (χ0v) is 6.96. The summed E-state index contributed by atoms with van der Waals surface area (Å²) in [5.74, 6) is 0. The van der Waals surface area contributed by atoms with E-state index in [0.29, 0.717) is 6.61 Å². The van der Waals surface area contributed by atoms with Gasteiger partial charge in [-0.25, -0.2) is 0 Å². The van der Waals surface area contributed by atoms with Crippen LogP contribution in [0.3, 0.4) is 0 Å². The summed E-state index contributed by atoms with van der Waals surface area (Å²) in [6.45, 7) is 5.31. The molecule has 0 saturated carbocycles. The van der Waals surface area contributed by atoms with Crippen LogP contribution in [0.25, 0.3) is 0 Å². The minimum absolute atomic E-state index is 0.324. The lowest BCUT2D eigenvalue weighted by molar-refractivity contribution is 0.0366. The minimum Gasteiger partial charge on any atom is -0.396 e. The third-order valence-corrected chi connectivity index (χ3v) is 1.99. The van der Waals surface area contributed by atoms with E-state index in [9.17, 15) is 0 Å². The quantitative estimate of drug-likeness (QED) is 0.590. The molecule has 1 rings (SSSR count). The monoisotopic (exact) mass is 159 g/mol. The summed E-state index contributed by atoms with van der Waals surface area (Å²) >= 11 is 0. The average Bonchev–Trinajstić information content (AvgIpc) is 2.07. The highest BCUT2D eigenvalue weighted by atomic mass is 16.5. The maximum absolute atomic E-state index is 8.55. The van der Waals surface area contributed by atoms with Gasteiger partial charge < -0.3 is 9.84 Å². The zero-order valence-electron chi connectivity index (χ0n) is 6.96. The van der Waals surface area contributed by atoms with Gasteiger partial charge in [0.25, 0.3) is 0 Å². The van der Waals surface area contributed by atoms with Crippen molar-refractivity contribution in [3.8, 4) is 0 Å². The van der Waals surface area contributed by atoms with E-state index >= 15 is 0 Å². The molecule has 3 heteroatoms. The van der Waals surface area contributed by atoms with Gasteiger partial charge in [-0.05, 0) is 19.4 Å². The van der Waals surface area contributed by atoms with E-state index in [1.807, 2.05) is 0 Å². The van der Waals surface area contributed by atoms with E-state index in [1.165, 1.54) is 0 Å². The number of morpholine rings is 1. The molecule has 0 aliphatic carbocycles. The summed E-state index contributed by atoms with van der Waals surface area (Å²) in [5, 5.41) is 8.55. The number of nitrogens with zero attached hydrogens (tertiary/aromatic N) is 1. The number of hydrogen-bond donors (Lipinski definition) is 1. The summed E-state index contributed by atoms with van der Waals surface area (Å²) in [5.41, 5.74) is 0. The van der Waals surface area contributed by atoms with Crippen molar-refractivity contribution < 1.29 is 9.84 Å². The third-order valence-electron chi connectivity index (χ3n) is 1.99.